The first-order valence-corrected chi connectivity index (χ1v) is 8.48. The van der Waals surface area contributed by atoms with E-state index in [0.717, 1.165) is 0 Å². The Kier molecular flexibility index (Phi) is 5.86. The zero-order valence-electron chi connectivity index (χ0n) is 15.4. The number of carbonyl (C=O) groups is 2. The molecule has 0 aliphatic rings. The summed E-state index contributed by atoms with van der Waals surface area (Å²) in [7, 11) is 1.74. The largest absolute Gasteiger partial charge is 0.352 e. The van der Waals surface area contributed by atoms with Gasteiger partial charge >= 0.3 is 6.03 Å². The number of hydrogen-bond acceptors (Lipinski definition) is 3. The topological polar surface area (TPSA) is 111 Å². The summed E-state index contributed by atoms with van der Waals surface area (Å²) < 4.78 is 3.15. The lowest BCUT2D eigenvalue weighted by atomic mass is 9.98. The number of benzene rings is 1. The Hall–Kier alpha value is -3.03. The van der Waals surface area contributed by atoms with Crippen LogP contribution in [0.2, 0.25) is 0 Å². The van der Waals surface area contributed by atoms with Crippen LogP contribution < -0.4 is 21.9 Å². The lowest BCUT2D eigenvalue weighted by Gasteiger charge is -2.22. The van der Waals surface area contributed by atoms with Crippen LogP contribution in [-0.2, 0) is 11.8 Å². The monoisotopic (exact) mass is 359 g/mol. The number of nitrogens with zero attached hydrogens (tertiary/aromatic N) is 2. The molecule has 1 aromatic heterocycles. The minimum absolute atomic E-state index is 0.136. The number of carbonyl (C=O) groups excluding carboxylic acids is 2. The summed E-state index contributed by atoms with van der Waals surface area (Å²) in [6.07, 6.45) is 0.667. The third kappa shape index (κ3) is 3.79. The predicted octanol–water partition coefficient (Wildman–Crippen LogP) is 1.51. The summed E-state index contributed by atoms with van der Waals surface area (Å²) in [5, 5.41) is 5.12. The van der Waals surface area contributed by atoms with Crippen molar-refractivity contribution in [2.45, 2.75) is 33.2 Å². The highest BCUT2D eigenvalue weighted by molar-refractivity contribution is 5.97. The maximum absolute atomic E-state index is 12.8. The molecule has 0 bridgehead atoms. The Balaban J connectivity index is 2.39. The van der Waals surface area contributed by atoms with Crippen molar-refractivity contribution in [3.05, 3.63) is 46.4 Å². The maximum Gasteiger partial charge on any atom is 0.312 e. The van der Waals surface area contributed by atoms with E-state index in [2.05, 4.69) is 10.6 Å². The average Bonchev–Trinajstić information content (AvgIpc) is 2.83. The van der Waals surface area contributed by atoms with Gasteiger partial charge in [-0.1, -0.05) is 38.5 Å². The summed E-state index contributed by atoms with van der Waals surface area (Å²) in [5.41, 5.74) is 6.32. The summed E-state index contributed by atoms with van der Waals surface area (Å²) in [5.74, 6) is -0.605. The normalized spacial score (nSPS) is 13.1. The first-order chi connectivity index (χ1) is 12.3. The van der Waals surface area contributed by atoms with Crippen molar-refractivity contribution in [1.82, 2.24) is 14.7 Å². The number of anilines is 1. The van der Waals surface area contributed by atoms with E-state index < -0.39 is 18.0 Å². The first kappa shape index (κ1) is 19.3. The zero-order chi connectivity index (χ0) is 19.4. The molecule has 140 valence electrons. The molecule has 3 amide bonds. The number of aromatic nitrogens is 2. The molecule has 0 aliphatic carbocycles. The molecule has 4 N–H and O–H groups in total. The van der Waals surface area contributed by atoms with Crippen LogP contribution in [0.15, 0.2) is 35.1 Å². The van der Waals surface area contributed by atoms with Crippen molar-refractivity contribution in [3.8, 4) is 5.69 Å². The molecule has 0 aliphatic heterocycles. The smallest absolute Gasteiger partial charge is 0.312 e. The van der Waals surface area contributed by atoms with E-state index in [0.29, 0.717) is 17.8 Å². The molecule has 2 atom stereocenters. The van der Waals surface area contributed by atoms with Gasteiger partial charge in [0.2, 0.25) is 5.91 Å². The quantitative estimate of drug-likeness (QED) is 0.727. The van der Waals surface area contributed by atoms with Crippen LogP contribution in [-0.4, -0.2) is 27.3 Å². The van der Waals surface area contributed by atoms with Crippen LogP contribution in [0.5, 0.6) is 0 Å². The van der Waals surface area contributed by atoms with Crippen molar-refractivity contribution in [3.63, 3.8) is 0 Å². The van der Waals surface area contributed by atoms with E-state index in [1.54, 1.807) is 18.7 Å². The molecule has 1 heterocycles. The lowest BCUT2D eigenvalue weighted by molar-refractivity contribution is -0.119. The zero-order valence-corrected chi connectivity index (χ0v) is 15.4. The van der Waals surface area contributed by atoms with Gasteiger partial charge in [0, 0.05) is 7.05 Å². The SMILES string of the molecule is CC[C@H](C)[C@H](NC(N)=O)C(=O)Nc1c(C)n(C)n(-c2ccccc2)c1=O. The number of nitrogens with one attached hydrogen (secondary N) is 2. The van der Waals surface area contributed by atoms with Crippen molar-refractivity contribution in [2.75, 3.05) is 5.32 Å². The molecule has 0 saturated carbocycles. The number of para-hydroxylation sites is 1. The molecule has 0 fully saturated rings. The van der Waals surface area contributed by atoms with Gasteiger partial charge in [-0.15, -0.1) is 0 Å². The number of primary amides is 1. The first-order valence-electron chi connectivity index (χ1n) is 8.48. The molecule has 0 saturated heterocycles. The molecule has 26 heavy (non-hydrogen) atoms. The van der Waals surface area contributed by atoms with Gasteiger partial charge in [-0.25, -0.2) is 9.48 Å². The Bertz CT molecular complexity index is 854. The Morgan fingerprint density at radius 3 is 2.38 bits per heavy atom. The van der Waals surface area contributed by atoms with Gasteiger partial charge in [0.15, 0.2) is 0 Å². The van der Waals surface area contributed by atoms with Crippen LogP contribution in [0.3, 0.4) is 0 Å². The van der Waals surface area contributed by atoms with Gasteiger partial charge in [-0.3, -0.25) is 14.3 Å². The van der Waals surface area contributed by atoms with E-state index in [4.69, 9.17) is 5.73 Å². The fourth-order valence-electron chi connectivity index (χ4n) is 2.77. The second-order valence-electron chi connectivity index (χ2n) is 6.30. The molecule has 1 aromatic carbocycles. The van der Waals surface area contributed by atoms with E-state index in [-0.39, 0.29) is 17.2 Å². The fourth-order valence-corrected chi connectivity index (χ4v) is 2.77. The van der Waals surface area contributed by atoms with Crippen molar-refractivity contribution in [2.24, 2.45) is 18.7 Å². The molecule has 2 aromatic rings. The fraction of sp³-hybridized carbons (Fsp3) is 0.389. The number of nitrogens with two attached hydrogens (primary N) is 1. The highest BCUT2D eigenvalue weighted by Gasteiger charge is 2.27. The Morgan fingerprint density at radius 2 is 1.85 bits per heavy atom. The van der Waals surface area contributed by atoms with Crippen LogP contribution in [0.4, 0.5) is 10.5 Å². The third-order valence-electron chi connectivity index (χ3n) is 4.60. The molecule has 0 spiro atoms. The third-order valence-corrected chi connectivity index (χ3v) is 4.60. The minimum atomic E-state index is -0.818. The van der Waals surface area contributed by atoms with Crippen LogP contribution in [0, 0.1) is 12.8 Å². The average molecular weight is 359 g/mol. The molecule has 0 unspecified atom stereocenters. The van der Waals surface area contributed by atoms with Gasteiger partial charge in [0.25, 0.3) is 5.56 Å². The van der Waals surface area contributed by atoms with Gasteiger partial charge < -0.3 is 16.4 Å². The van der Waals surface area contributed by atoms with E-state index in [9.17, 15) is 14.4 Å². The summed E-state index contributed by atoms with van der Waals surface area (Å²) >= 11 is 0. The molecular formula is C18H25N5O3. The number of urea groups is 1. The Morgan fingerprint density at radius 1 is 1.23 bits per heavy atom. The molecule has 8 nitrogen and oxygen atoms in total. The van der Waals surface area contributed by atoms with Crippen LogP contribution >= 0.6 is 0 Å². The molecular weight excluding hydrogens is 334 g/mol. The van der Waals surface area contributed by atoms with Crippen molar-refractivity contribution < 1.29 is 9.59 Å². The number of hydrogen-bond donors (Lipinski definition) is 3. The minimum Gasteiger partial charge on any atom is -0.352 e. The van der Waals surface area contributed by atoms with Gasteiger partial charge in [-0.2, -0.15) is 0 Å². The second-order valence-corrected chi connectivity index (χ2v) is 6.30. The molecule has 2 rings (SSSR count). The standard InChI is InChI=1S/C18H25N5O3/c1-5-11(2)14(21-18(19)26)16(24)20-15-12(3)22(4)23(17(15)25)13-9-7-6-8-10-13/h6-11,14H,5H2,1-4H3,(H,20,24)(H3,19,21,26)/t11-,14-/m0/s1. The highest BCUT2D eigenvalue weighted by Crippen LogP contribution is 2.16. The lowest BCUT2D eigenvalue weighted by Crippen LogP contribution is -2.50. The summed E-state index contributed by atoms with van der Waals surface area (Å²) in [6, 6.07) is 7.54. The van der Waals surface area contributed by atoms with Crippen molar-refractivity contribution in [1.29, 1.82) is 0 Å². The molecule has 8 heteroatoms. The van der Waals surface area contributed by atoms with E-state index in [1.807, 2.05) is 44.2 Å². The number of amides is 3. The summed E-state index contributed by atoms with van der Waals surface area (Å²) in [4.78, 5) is 36.7. The van der Waals surface area contributed by atoms with Gasteiger partial charge in [-0.05, 0) is 25.0 Å². The van der Waals surface area contributed by atoms with Crippen molar-refractivity contribution >= 4 is 17.6 Å². The summed E-state index contributed by atoms with van der Waals surface area (Å²) in [6.45, 7) is 5.49. The predicted molar refractivity (Wildman–Crippen MR) is 100 cm³/mol. The molecule has 0 radical (unpaired) electrons. The maximum atomic E-state index is 12.8. The van der Waals surface area contributed by atoms with E-state index in [1.165, 1.54) is 4.68 Å². The van der Waals surface area contributed by atoms with Crippen LogP contribution in [0.1, 0.15) is 26.0 Å². The van der Waals surface area contributed by atoms with Crippen LogP contribution in [0.25, 0.3) is 5.69 Å². The Labute approximate surface area is 152 Å². The van der Waals surface area contributed by atoms with E-state index >= 15 is 0 Å². The second kappa shape index (κ2) is 7.90. The number of rotatable bonds is 6. The van der Waals surface area contributed by atoms with Gasteiger partial charge in [0.05, 0.1) is 11.4 Å². The van der Waals surface area contributed by atoms with Gasteiger partial charge in [0.1, 0.15) is 11.7 Å². The highest BCUT2D eigenvalue weighted by atomic mass is 16.2.